The number of carbonyl (C=O) groups is 1. The number of nitrogens with two attached hydrogens (primary N) is 1. The highest BCUT2D eigenvalue weighted by Crippen LogP contribution is 2.26. The van der Waals surface area contributed by atoms with Gasteiger partial charge in [-0.05, 0) is 31.1 Å². The van der Waals surface area contributed by atoms with Gasteiger partial charge in [0.15, 0.2) is 0 Å². The second kappa shape index (κ2) is 6.50. The summed E-state index contributed by atoms with van der Waals surface area (Å²) in [6, 6.07) is 0. The Hall–Kier alpha value is -0.640. The molecule has 0 saturated carbocycles. The standard InChI is InChI=1S/C14H28N2OS/c1-7-14(6,12(15)18)16-11(17)8-10(2)9-13(3,4)5/h10H,7-9H2,1-6H3,(H2,15,18)(H,16,17). The lowest BCUT2D eigenvalue weighted by Crippen LogP contribution is -2.54. The molecule has 0 aliphatic carbocycles. The van der Waals surface area contributed by atoms with Crippen LogP contribution in [0, 0.1) is 11.3 Å². The third kappa shape index (κ3) is 6.34. The van der Waals surface area contributed by atoms with E-state index in [0.717, 1.165) is 6.42 Å². The first-order valence-electron chi connectivity index (χ1n) is 6.61. The number of nitrogens with one attached hydrogen (secondary N) is 1. The third-order valence-electron chi connectivity index (χ3n) is 3.16. The Balaban J connectivity index is 4.39. The Morgan fingerprint density at radius 1 is 1.33 bits per heavy atom. The van der Waals surface area contributed by atoms with Gasteiger partial charge in [0.05, 0.1) is 10.5 Å². The van der Waals surface area contributed by atoms with Gasteiger partial charge in [0.25, 0.3) is 0 Å². The van der Waals surface area contributed by atoms with E-state index in [1.807, 2.05) is 13.8 Å². The first-order valence-corrected chi connectivity index (χ1v) is 7.02. The maximum atomic E-state index is 12.0. The van der Waals surface area contributed by atoms with Gasteiger partial charge in [-0.25, -0.2) is 0 Å². The molecule has 0 rings (SSSR count). The topological polar surface area (TPSA) is 55.1 Å². The summed E-state index contributed by atoms with van der Waals surface area (Å²) in [4.78, 5) is 12.3. The predicted molar refractivity (Wildman–Crippen MR) is 81.5 cm³/mol. The number of carbonyl (C=O) groups excluding carboxylic acids is 1. The van der Waals surface area contributed by atoms with Crippen molar-refractivity contribution < 1.29 is 4.79 Å². The van der Waals surface area contributed by atoms with E-state index in [0.29, 0.717) is 23.7 Å². The van der Waals surface area contributed by atoms with Gasteiger partial charge in [-0.15, -0.1) is 0 Å². The molecule has 2 atom stereocenters. The largest absolute Gasteiger partial charge is 0.391 e. The Labute approximate surface area is 117 Å². The van der Waals surface area contributed by atoms with Crippen molar-refractivity contribution in [1.29, 1.82) is 0 Å². The van der Waals surface area contributed by atoms with Gasteiger partial charge in [0.1, 0.15) is 0 Å². The number of hydrogen-bond donors (Lipinski definition) is 2. The van der Waals surface area contributed by atoms with Gasteiger partial charge < -0.3 is 11.1 Å². The lowest BCUT2D eigenvalue weighted by Gasteiger charge is -2.29. The van der Waals surface area contributed by atoms with Crippen LogP contribution in [-0.2, 0) is 4.79 Å². The van der Waals surface area contributed by atoms with E-state index >= 15 is 0 Å². The molecule has 0 heterocycles. The monoisotopic (exact) mass is 272 g/mol. The number of amides is 1. The highest BCUT2D eigenvalue weighted by molar-refractivity contribution is 7.80. The van der Waals surface area contributed by atoms with Crippen molar-refractivity contribution in [3.05, 3.63) is 0 Å². The number of hydrogen-bond acceptors (Lipinski definition) is 2. The minimum absolute atomic E-state index is 0.0314. The SMILES string of the molecule is CCC(C)(NC(=O)CC(C)CC(C)(C)C)C(N)=S. The van der Waals surface area contributed by atoms with Gasteiger partial charge in [0.2, 0.25) is 5.91 Å². The van der Waals surface area contributed by atoms with Gasteiger partial charge in [-0.1, -0.05) is 46.8 Å². The summed E-state index contributed by atoms with van der Waals surface area (Å²) in [6.07, 6.45) is 2.26. The zero-order chi connectivity index (χ0) is 14.6. The summed E-state index contributed by atoms with van der Waals surface area (Å²) >= 11 is 5.01. The molecule has 0 fully saturated rings. The van der Waals surface area contributed by atoms with Crippen molar-refractivity contribution in [3.8, 4) is 0 Å². The molecule has 0 aromatic carbocycles. The van der Waals surface area contributed by atoms with Crippen molar-refractivity contribution >= 4 is 23.1 Å². The fraction of sp³-hybridized carbons (Fsp3) is 0.857. The molecule has 0 bridgehead atoms. The molecule has 106 valence electrons. The molecule has 0 saturated heterocycles. The molecule has 18 heavy (non-hydrogen) atoms. The summed E-state index contributed by atoms with van der Waals surface area (Å²) in [5, 5.41) is 2.95. The summed E-state index contributed by atoms with van der Waals surface area (Å²) < 4.78 is 0. The normalized spacial score (nSPS) is 16.8. The van der Waals surface area contributed by atoms with Crippen LogP contribution < -0.4 is 11.1 Å². The average Bonchev–Trinajstić information content (AvgIpc) is 2.13. The van der Waals surface area contributed by atoms with Crippen LogP contribution in [0.5, 0.6) is 0 Å². The van der Waals surface area contributed by atoms with Crippen LogP contribution in [0.1, 0.15) is 60.8 Å². The van der Waals surface area contributed by atoms with E-state index in [2.05, 4.69) is 33.0 Å². The second-order valence-corrected chi connectivity index (χ2v) is 7.11. The highest BCUT2D eigenvalue weighted by atomic mass is 32.1. The second-order valence-electron chi connectivity index (χ2n) is 6.67. The van der Waals surface area contributed by atoms with Gasteiger partial charge in [-0.3, -0.25) is 4.79 Å². The summed E-state index contributed by atoms with van der Waals surface area (Å²) in [6.45, 7) is 12.5. The zero-order valence-electron chi connectivity index (χ0n) is 12.6. The lowest BCUT2D eigenvalue weighted by molar-refractivity contribution is -0.123. The van der Waals surface area contributed by atoms with Crippen LogP contribution in [-0.4, -0.2) is 16.4 Å². The first-order chi connectivity index (χ1) is 8.00. The fourth-order valence-corrected chi connectivity index (χ4v) is 2.31. The van der Waals surface area contributed by atoms with Crippen molar-refractivity contribution in [2.45, 2.75) is 66.3 Å². The van der Waals surface area contributed by atoms with Crippen LogP contribution in [0.3, 0.4) is 0 Å². The quantitative estimate of drug-likeness (QED) is 0.731. The van der Waals surface area contributed by atoms with E-state index in [1.54, 1.807) is 0 Å². The molecule has 0 spiro atoms. The summed E-state index contributed by atoms with van der Waals surface area (Å²) in [5.74, 6) is 0.390. The van der Waals surface area contributed by atoms with Gasteiger partial charge in [-0.2, -0.15) is 0 Å². The fourth-order valence-electron chi connectivity index (χ4n) is 2.12. The molecule has 0 aliphatic rings. The Morgan fingerprint density at radius 2 is 1.83 bits per heavy atom. The first kappa shape index (κ1) is 17.4. The number of rotatable bonds is 6. The van der Waals surface area contributed by atoms with Gasteiger partial charge >= 0.3 is 0 Å². The summed E-state index contributed by atoms with van der Waals surface area (Å²) in [7, 11) is 0. The molecule has 3 N–H and O–H groups in total. The maximum absolute atomic E-state index is 12.0. The van der Waals surface area contributed by atoms with Crippen LogP contribution in [0.2, 0.25) is 0 Å². The van der Waals surface area contributed by atoms with E-state index in [-0.39, 0.29) is 11.3 Å². The van der Waals surface area contributed by atoms with E-state index in [9.17, 15) is 4.79 Å². The third-order valence-corrected chi connectivity index (χ3v) is 3.61. The molecular weight excluding hydrogens is 244 g/mol. The zero-order valence-corrected chi connectivity index (χ0v) is 13.4. The van der Waals surface area contributed by atoms with Crippen molar-refractivity contribution in [1.82, 2.24) is 5.32 Å². The van der Waals surface area contributed by atoms with E-state index < -0.39 is 5.54 Å². The van der Waals surface area contributed by atoms with Crippen LogP contribution >= 0.6 is 12.2 Å². The van der Waals surface area contributed by atoms with Crippen LogP contribution in [0.15, 0.2) is 0 Å². The smallest absolute Gasteiger partial charge is 0.221 e. The van der Waals surface area contributed by atoms with E-state index in [1.165, 1.54) is 0 Å². The molecule has 0 aromatic rings. The molecular formula is C14H28N2OS. The van der Waals surface area contributed by atoms with Crippen LogP contribution in [0.4, 0.5) is 0 Å². The number of thiocarbonyl (C=S) groups is 1. The Morgan fingerprint density at radius 3 is 2.17 bits per heavy atom. The molecule has 3 nitrogen and oxygen atoms in total. The average molecular weight is 272 g/mol. The lowest BCUT2D eigenvalue weighted by atomic mass is 9.84. The van der Waals surface area contributed by atoms with Gasteiger partial charge in [0, 0.05) is 6.42 Å². The predicted octanol–water partition coefficient (Wildman–Crippen LogP) is 3.02. The minimum Gasteiger partial charge on any atom is -0.391 e. The molecule has 0 aromatic heterocycles. The van der Waals surface area contributed by atoms with Crippen molar-refractivity contribution in [2.24, 2.45) is 17.1 Å². The Bertz CT molecular complexity index is 309. The van der Waals surface area contributed by atoms with Crippen molar-refractivity contribution in [2.75, 3.05) is 0 Å². The van der Waals surface area contributed by atoms with E-state index in [4.69, 9.17) is 18.0 Å². The summed E-state index contributed by atoms with van der Waals surface area (Å²) in [5.41, 5.74) is 5.36. The minimum atomic E-state index is -0.562. The molecule has 0 radical (unpaired) electrons. The molecule has 2 unspecified atom stereocenters. The van der Waals surface area contributed by atoms with Crippen molar-refractivity contribution in [3.63, 3.8) is 0 Å². The maximum Gasteiger partial charge on any atom is 0.221 e. The highest BCUT2D eigenvalue weighted by Gasteiger charge is 2.28. The molecule has 1 amide bonds. The van der Waals surface area contributed by atoms with Crippen LogP contribution in [0.25, 0.3) is 0 Å². The molecule has 4 heteroatoms. The molecule has 0 aliphatic heterocycles. The Kier molecular flexibility index (Phi) is 6.27.